The van der Waals surface area contributed by atoms with Crippen molar-refractivity contribution in [3.8, 4) is 5.75 Å². The quantitative estimate of drug-likeness (QED) is 0.755. The van der Waals surface area contributed by atoms with E-state index in [0.29, 0.717) is 23.0 Å². The molecular weight excluding hydrogens is 328 g/mol. The van der Waals surface area contributed by atoms with E-state index in [4.69, 9.17) is 22.1 Å². The van der Waals surface area contributed by atoms with Gasteiger partial charge in [0.15, 0.2) is 11.5 Å². The van der Waals surface area contributed by atoms with Crippen LogP contribution in [0.15, 0.2) is 30.6 Å². The van der Waals surface area contributed by atoms with Gasteiger partial charge in [-0.1, -0.05) is 23.7 Å². The van der Waals surface area contributed by atoms with Crippen LogP contribution < -0.4 is 15.4 Å². The second-order valence-corrected chi connectivity index (χ2v) is 6.14. The third-order valence-electron chi connectivity index (χ3n) is 4.20. The van der Waals surface area contributed by atoms with Crippen molar-refractivity contribution in [2.45, 2.75) is 18.9 Å². The molecule has 2 aromatic heterocycles. The second kappa shape index (κ2) is 6.16. The predicted octanol–water partition coefficient (Wildman–Crippen LogP) is 2.64. The van der Waals surface area contributed by atoms with Gasteiger partial charge in [-0.25, -0.2) is 4.98 Å². The Bertz CT molecular complexity index is 867. The Kier molecular flexibility index (Phi) is 3.86. The number of anilines is 2. The fraction of sp³-hybridized carbons (Fsp3) is 0.312. The number of hydrogen-bond donors (Lipinski definition) is 2. The number of nitrogen functional groups attached to an aromatic ring is 1. The van der Waals surface area contributed by atoms with Crippen LogP contribution in [0.5, 0.6) is 5.75 Å². The minimum Gasteiger partial charge on any atom is -0.490 e. The van der Waals surface area contributed by atoms with Gasteiger partial charge < -0.3 is 20.4 Å². The van der Waals surface area contributed by atoms with Gasteiger partial charge in [-0.3, -0.25) is 0 Å². The van der Waals surface area contributed by atoms with Crippen molar-refractivity contribution < 1.29 is 4.74 Å². The van der Waals surface area contributed by atoms with Crippen molar-refractivity contribution >= 4 is 34.5 Å². The number of halogens is 1. The molecule has 8 heteroatoms. The molecule has 1 atom stereocenters. The SMILES string of the molecule is Nc1nc(N2CCCC2COc2ccccc2Cl)c2[nH]cnc2n1. The highest BCUT2D eigenvalue weighted by atomic mass is 35.5. The Morgan fingerprint density at radius 1 is 1.33 bits per heavy atom. The molecule has 1 unspecified atom stereocenters. The van der Waals surface area contributed by atoms with Gasteiger partial charge in [-0.15, -0.1) is 0 Å². The number of benzene rings is 1. The first-order chi connectivity index (χ1) is 11.7. The third kappa shape index (κ3) is 2.71. The number of nitrogens with two attached hydrogens (primary N) is 1. The summed E-state index contributed by atoms with van der Waals surface area (Å²) in [5.74, 6) is 1.70. The van der Waals surface area contributed by atoms with Crippen LogP contribution in [0.2, 0.25) is 5.02 Å². The number of rotatable bonds is 4. The Hall–Kier alpha value is -2.54. The highest BCUT2D eigenvalue weighted by molar-refractivity contribution is 6.32. The van der Waals surface area contributed by atoms with Gasteiger partial charge >= 0.3 is 0 Å². The fourth-order valence-corrected chi connectivity index (χ4v) is 3.27. The number of imidazole rings is 1. The molecule has 1 saturated heterocycles. The summed E-state index contributed by atoms with van der Waals surface area (Å²) in [6.45, 7) is 1.42. The van der Waals surface area contributed by atoms with E-state index < -0.39 is 0 Å². The van der Waals surface area contributed by atoms with E-state index in [1.54, 1.807) is 6.33 Å². The van der Waals surface area contributed by atoms with Crippen molar-refractivity contribution in [2.24, 2.45) is 0 Å². The molecule has 3 aromatic rings. The molecule has 1 aliphatic rings. The summed E-state index contributed by atoms with van der Waals surface area (Å²) in [6.07, 6.45) is 3.69. The maximum atomic E-state index is 6.16. The molecule has 0 aliphatic carbocycles. The molecule has 124 valence electrons. The smallest absolute Gasteiger partial charge is 0.224 e. The molecule has 24 heavy (non-hydrogen) atoms. The number of nitrogens with one attached hydrogen (secondary N) is 1. The van der Waals surface area contributed by atoms with Crippen LogP contribution in [0.3, 0.4) is 0 Å². The summed E-state index contributed by atoms with van der Waals surface area (Å²) in [7, 11) is 0. The van der Waals surface area contributed by atoms with E-state index in [9.17, 15) is 0 Å². The fourth-order valence-electron chi connectivity index (χ4n) is 3.08. The van der Waals surface area contributed by atoms with Gasteiger partial charge in [0.1, 0.15) is 17.9 Å². The minimum absolute atomic E-state index is 0.196. The van der Waals surface area contributed by atoms with E-state index in [1.807, 2.05) is 24.3 Å². The van der Waals surface area contributed by atoms with Gasteiger partial charge in [-0.2, -0.15) is 9.97 Å². The van der Waals surface area contributed by atoms with Crippen LogP contribution in [-0.4, -0.2) is 39.1 Å². The molecule has 3 N–H and O–H groups in total. The molecule has 1 fully saturated rings. The first-order valence-corrected chi connectivity index (χ1v) is 8.21. The van der Waals surface area contributed by atoms with Gasteiger partial charge in [0, 0.05) is 6.54 Å². The number of fused-ring (bicyclic) bond motifs is 1. The molecule has 1 aromatic carbocycles. The summed E-state index contributed by atoms with van der Waals surface area (Å²) in [5.41, 5.74) is 7.21. The van der Waals surface area contributed by atoms with E-state index >= 15 is 0 Å². The number of para-hydroxylation sites is 1. The number of hydrogen-bond acceptors (Lipinski definition) is 6. The maximum absolute atomic E-state index is 6.16. The zero-order valence-corrected chi connectivity index (χ0v) is 13.7. The van der Waals surface area contributed by atoms with Crippen LogP contribution in [0.25, 0.3) is 11.2 Å². The number of nitrogens with zero attached hydrogens (tertiary/aromatic N) is 4. The number of H-pyrrole nitrogens is 1. The molecule has 0 amide bonds. The van der Waals surface area contributed by atoms with E-state index in [-0.39, 0.29) is 12.0 Å². The Labute approximate surface area is 143 Å². The normalized spacial score (nSPS) is 17.5. The molecule has 3 heterocycles. The first kappa shape index (κ1) is 15.0. The number of aromatic nitrogens is 4. The standard InChI is InChI=1S/C16H17ClN6O/c17-11-5-1-2-6-12(11)24-8-10-4-3-7-23(10)15-13-14(20-9-19-13)21-16(18)22-15/h1-2,5-6,9-10H,3-4,7-8H2,(H3,18,19,20,21,22). The lowest BCUT2D eigenvalue weighted by Crippen LogP contribution is -2.35. The highest BCUT2D eigenvalue weighted by Crippen LogP contribution is 2.30. The average molecular weight is 345 g/mol. The van der Waals surface area contributed by atoms with Crippen molar-refractivity contribution in [1.29, 1.82) is 0 Å². The van der Waals surface area contributed by atoms with Crippen LogP contribution in [0.1, 0.15) is 12.8 Å². The zero-order valence-electron chi connectivity index (χ0n) is 12.9. The van der Waals surface area contributed by atoms with Crippen molar-refractivity contribution in [1.82, 2.24) is 19.9 Å². The first-order valence-electron chi connectivity index (χ1n) is 7.83. The number of ether oxygens (including phenoxy) is 1. The molecule has 4 rings (SSSR count). The molecule has 0 spiro atoms. The van der Waals surface area contributed by atoms with Crippen molar-refractivity contribution in [3.63, 3.8) is 0 Å². The highest BCUT2D eigenvalue weighted by Gasteiger charge is 2.29. The van der Waals surface area contributed by atoms with Crippen LogP contribution in [0, 0.1) is 0 Å². The van der Waals surface area contributed by atoms with Crippen LogP contribution >= 0.6 is 11.6 Å². The Morgan fingerprint density at radius 2 is 2.21 bits per heavy atom. The van der Waals surface area contributed by atoms with Crippen molar-refractivity contribution in [3.05, 3.63) is 35.6 Å². The molecule has 0 radical (unpaired) electrons. The monoisotopic (exact) mass is 344 g/mol. The Morgan fingerprint density at radius 3 is 3.08 bits per heavy atom. The molecule has 0 bridgehead atoms. The molecule has 7 nitrogen and oxygen atoms in total. The second-order valence-electron chi connectivity index (χ2n) is 5.74. The lowest BCUT2D eigenvalue weighted by molar-refractivity contribution is 0.288. The molecular formula is C16H17ClN6O. The topological polar surface area (TPSA) is 92.9 Å². The lowest BCUT2D eigenvalue weighted by Gasteiger charge is -2.26. The predicted molar refractivity (Wildman–Crippen MR) is 93.4 cm³/mol. The minimum atomic E-state index is 0.196. The Balaban J connectivity index is 1.58. The lowest BCUT2D eigenvalue weighted by atomic mass is 10.2. The van der Waals surface area contributed by atoms with Gasteiger partial charge in [0.2, 0.25) is 5.95 Å². The summed E-state index contributed by atoms with van der Waals surface area (Å²) < 4.78 is 5.92. The van der Waals surface area contributed by atoms with E-state index in [0.717, 1.165) is 30.7 Å². The average Bonchev–Trinajstić information content (AvgIpc) is 3.22. The maximum Gasteiger partial charge on any atom is 0.224 e. The van der Waals surface area contributed by atoms with Crippen LogP contribution in [-0.2, 0) is 0 Å². The van der Waals surface area contributed by atoms with Gasteiger partial charge in [0.05, 0.1) is 17.4 Å². The van der Waals surface area contributed by atoms with Crippen molar-refractivity contribution in [2.75, 3.05) is 23.8 Å². The number of aromatic amines is 1. The summed E-state index contributed by atoms with van der Waals surface area (Å²) in [4.78, 5) is 18.0. The van der Waals surface area contributed by atoms with Gasteiger partial charge in [0.25, 0.3) is 0 Å². The van der Waals surface area contributed by atoms with E-state index in [2.05, 4.69) is 24.8 Å². The van der Waals surface area contributed by atoms with Gasteiger partial charge in [-0.05, 0) is 25.0 Å². The third-order valence-corrected chi connectivity index (χ3v) is 4.51. The summed E-state index contributed by atoms with van der Waals surface area (Å²) in [5, 5.41) is 0.615. The van der Waals surface area contributed by atoms with E-state index in [1.165, 1.54) is 0 Å². The largest absolute Gasteiger partial charge is 0.490 e. The molecule has 0 saturated carbocycles. The van der Waals surface area contributed by atoms with Crippen LogP contribution in [0.4, 0.5) is 11.8 Å². The molecule has 1 aliphatic heterocycles. The summed E-state index contributed by atoms with van der Waals surface area (Å²) >= 11 is 6.16. The zero-order chi connectivity index (χ0) is 16.5. The summed E-state index contributed by atoms with van der Waals surface area (Å²) in [6, 6.07) is 7.69.